The van der Waals surface area contributed by atoms with Crippen molar-refractivity contribution < 1.29 is 14.3 Å². The number of esters is 1. The van der Waals surface area contributed by atoms with E-state index in [1.165, 1.54) is 11.7 Å². The molecule has 1 unspecified atom stereocenters. The zero-order valence-corrected chi connectivity index (χ0v) is 19.5. The Labute approximate surface area is 193 Å². The summed E-state index contributed by atoms with van der Waals surface area (Å²) < 4.78 is 12.3. The highest BCUT2D eigenvalue weighted by Crippen LogP contribution is 2.32. The van der Waals surface area contributed by atoms with E-state index in [4.69, 9.17) is 21.1 Å². The SMILES string of the molecule is CCOC(=O)c1nc(NC(c2cccc(Br)c2)c2ccccc2Cl)n(C)c(=O)c1OC. The molecule has 0 bridgehead atoms. The summed E-state index contributed by atoms with van der Waals surface area (Å²) >= 11 is 9.97. The third kappa shape index (κ3) is 4.91. The molecule has 7 nitrogen and oxygen atoms in total. The van der Waals surface area contributed by atoms with E-state index < -0.39 is 17.6 Å². The van der Waals surface area contributed by atoms with Crippen molar-refractivity contribution in [2.24, 2.45) is 7.05 Å². The summed E-state index contributed by atoms with van der Waals surface area (Å²) in [7, 11) is 2.85. The van der Waals surface area contributed by atoms with Gasteiger partial charge in [0.05, 0.1) is 19.8 Å². The van der Waals surface area contributed by atoms with Crippen LogP contribution in [-0.4, -0.2) is 29.2 Å². The molecule has 1 heterocycles. The van der Waals surface area contributed by atoms with Crippen LogP contribution < -0.4 is 15.6 Å². The number of aromatic nitrogens is 2. The number of methoxy groups -OCH3 is 1. The Hall–Kier alpha value is -2.84. The van der Waals surface area contributed by atoms with Gasteiger partial charge in [-0.1, -0.05) is 57.9 Å². The Morgan fingerprint density at radius 1 is 1.26 bits per heavy atom. The number of hydrogen-bond donors (Lipinski definition) is 1. The molecule has 0 fully saturated rings. The Kier molecular flexibility index (Phi) is 7.35. The van der Waals surface area contributed by atoms with Crippen molar-refractivity contribution in [3.63, 3.8) is 0 Å². The zero-order chi connectivity index (χ0) is 22.5. The fourth-order valence-electron chi connectivity index (χ4n) is 3.10. The summed E-state index contributed by atoms with van der Waals surface area (Å²) in [5.41, 5.74) is 0.951. The maximum absolute atomic E-state index is 12.8. The van der Waals surface area contributed by atoms with Gasteiger partial charge in [-0.25, -0.2) is 9.78 Å². The number of nitrogens with zero attached hydrogens (tertiary/aromatic N) is 2. The molecule has 2 aromatic carbocycles. The first-order chi connectivity index (χ1) is 14.9. The first-order valence-electron chi connectivity index (χ1n) is 9.45. The smallest absolute Gasteiger partial charge is 0.361 e. The molecule has 0 saturated heterocycles. The maximum Gasteiger partial charge on any atom is 0.361 e. The lowest BCUT2D eigenvalue weighted by molar-refractivity contribution is 0.0514. The van der Waals surface area contributed by atoms with Crippen LogP contribution in [-0.2, 0) is 11.8 Å². The average Bonchev–Trinajstić information content (AvgIpc) is 2.75. The normalized spacial score (nSPS) is 11.6. The van der Waals surface area contributed by atoms with Crippen LogP contribution in [0, 0.1) is 0 Å². The van der Waals surface area contributed by atoms with Crippen LogP contribution in [0.3, 0.4) is 0 Å². The summed E-state index contributed by atoms with van der Waals surface area (Å²) in [6.07, 6.45) is 0. The van der Waals surface area contributed by atoms with Gasteiger partial charge in [0.15, 0.2) is 5.69 Å². The molecule has 3 rings (SSSR count). The molecule has 9 heteroatoms. The van der Waals surface area contributed by atoms with Crippen LogP contribution in [0.5, 0.6) is 5.75 Å². The minimum absolute atomic E-state index is 0.141. The van der Waals surface area contributed by atoms with E-state index in [0.29, 0.717) is 5.02 Å². The lowest BCUT2D eigenvalue weighted by Crippen LogP contribution is -2.28. The molecule has 0 aliphatic heterocycles. The molecule has 162 valence electrons. The summed E-state index contributed by atoms with van der Waals surface area (Å²) in [6, 6.07) is 14.6. The van der Waals surface area contributed by atoms with E-state index in [1.807, 2.05) is 42.5 Å². The van der Waals surface area contributed by atoms with Gasteiger partial charge < -0.3 is 14.8 Å². The van der Waals surface area contributed by atoms with Crippen molar-refractivity contribution in [1.82, 2.24) is 9.55 Å². The highest BCUT2D eigenvalue weighted by atomic mass is 79.9. The second-order valence-corrected chi connectivity index (χ2v) is 7.88. The first-order valence-corrected chi connectivity index (χ1v) is 10.6. The average molecular weight is 507 g/mol. The summed E-state index contributed by atoms with van der Waals surface area (Å²) in [5, 5.41) is 3.81. The molecule has 1 atom stereocenters. The number of ether oxygens (including phenoxy) is 2. The van der Waals surface area contributed by atoms with E-state index >= 15 is 0 Å². The van der Waals surface area contributed by atoms with E-state index in [9.17, 15) is 9.59 Å². The van der Waals surface area contributed by atoms with Gasteiger partial charge in [0.25, 0.3) is 5.56 Å². The van der Waals surface area contributed by atoms with Gasteiger partial charge in [-0.2, -0.15) is 0 Å². The minimum Gasteiger partial charge on any atom is -0.489 e. The van der Waals surface area contributed by atoms with Gasteiger partial charge in [0.1, 0.15) is 0 Å². The standard InChI is InChI=1S/C22H21BrClN3O4/c1-4-31-21(29)18-19(30-3)20(28)27(2)22(26-18)25-17(13-8-7-9-14(23)12-13)15-10-5-6-11-16(15)24/h5-12,17H,4H2,1-3H3,(H,25,26). The molecule has 1 aromatic heterocycles. The summed E-state index contributed by atoms with van der Waals surface area (Å²) in [6.45, 7) is 1.81. The Morgan fingerprint density at radius 2 is 2.00 bits per heavy atom. The third-order valence-corrected chi connectivity index (χ3v) is 5.43. The number of hydrogen-bond acceptors (Lipinski definition) is 6. The third-order valence-electron chi connectivity index (χ3n) is 4.59. The molecule has 3 aromatic rings. The van der Waals surface area contributed by atoms with Gasteiger partial charge in [-0.3, -0.25) is 9.36 Å². The van der Waals surface area contributed by atoms with Crippen LogP contribution >= 0.6 is 27.5 Å². The molecule has 0 radical (unpaired) electrons. The molecule has 0 spiro atoms. The largest absolute Gasteiger partial charge is 0.489 e. The molecular formula is C22H21BrClN3O4. The van der Waals surface area contributed by atoms with Crippen LogP contribution in [0.2, 0.25) is 5.02 Å². The van der Waals surface area contributed by atoms with Gasteiger partial charge in [-0.15, -0.1) is 0 Å². The fourth-order valence-corrected chi connectivity index (χ4v) is 3.76. The van der Waals surface area contributed by atoms with Crippen molar-refractivity contribution in [3.8, 4) is 5.75 Å². The van der Waals surface area contributed by atoms with Crippen molar-refractivity contribution in [2.45, 2.75) is 13.0 Å². The lowest BCUT2D eigenvalue weighted by Gasteiger charge is -2.23. The first kappa shape index (κ1) is 22.8. The molecular weight excluding hydrogens is 486 g/mol. The second-order valence-electron chi connectivity index (χ2n) is 6.56. The molecule has 0 amide bonds. The molecule has 0 saturated carbocycles. The number of halogens is 2. The van der Waals surface area contributed by atoms with Gasteiger partial charge in [0, 0.05) is 16.5 Å². The van der Waals surface area contributed by atoms with E-state index in [1.54, 1.807) is 20.0 Å². The topological polar surface area (TPSA) is 82.5 Å². The van der Waals surface area contributed by atoms with Crippen molar-refractivity contribution in [2.75, 3.05) is 19.0 Å². The molecule has 0 aliphatic rings. The van der Waals surface area contributed by atoms with Crippen LogP contribution in [0.25, 0.3) is 0 Å². The highest BCUT2D eigenvalue weighted by Gasteiger charge is 2.25. The van der Waals surface area contributed by atoms with Gasteiger partial charge in [-0.05, 0) is 36.2 Å². The highest BCUT2D eigenvalue weighted by molar-refractivity contribution is 9.10. The number of anilines is 1. The van der Waals surface area contributed by atoms with Crippen molar-refractivity contribution >= 4 is 39.4 Å². The van der Waals surface area contributed by atoms with Crippen LogP contribution in [0.15, 0.2) is 57.8 Å². The summed E-state index contributed by atoms with van der Waals surface area (Å²) in [5.74, 6) is -0.751. The van der Waals surface area contributed by atoms with Crippen LogP contribution in [0.1, 0.15) is 34.6 Å². The number of rotatable bonds is 7. The predicted molar refractivity (Wildman–Crippen MR) is 123 cm³/mol. The second kappa shape index (κ2) is 9.98. The minimum atomic E-state index is -0.739. The molecule has 1 N–H and O–H groups in total. The van der Waals surface area contributed by atoms with Gasteiger partial charge >= 0.3 is 5.97 Å². The monoisotopic (exact) mass is 505 g/mol. The fraction of sp³-hybridized carbons (Fsp3) is 0.227. The Morgan fingerprint density at radius 3 is 2.65 bits per heavy atom. The van der Waals surface area contributed by atoms with Crippen LogP contribution in [0.4, 0.5) is 5.95 Å². The quantitative estimate of drug-likeness (QED) is 0.472. The van der Waals surface area contributed by atoms with E-state index in [0.717, 1.165) is 15.6 Å². The van der Waals surface area contributed by atoms with Crippen molar-refractivity contribution in [1.29, 1.82) is 0 Å². The lowest BCUT2D eigenvalue weighted by atomic mass is 9.99. The summed E-state index contributed by atoms with van der Waals surface area (Å²) in [4.78, 5) is 29.6. The Balaban J connectivity index is 2.16. The van der Waals surface area contributed by atoms with E-state index in [-0.39, 0.29) is 24.0 Å². The Bertz CT molecular complexity index is 1170. The number of benzene rings is 2. The van der Waals surface area contributed by atoms with Crippen molar-refractivity contribution in [3.05, 3.63) is 85.2 Å². The molecule has 0 aliphatic carbocycles. The van der Waals surface area contributed by atoms with Gasteiger partial charge in [0.2, 0.25) is 11.7 Å². The number of nitrogens with one attached hydrogen (secondary N) is 1. The zero-order valence-electron chi connectivity index (χ0n) is 17.2. The number of carbonyl (C=O) groups is 1. The number of carbonyl (C=O) groups excluding carboxylic acids is 1. The predicted octanol–water partition coefficient (Wildman–Crippen LogP) is 4.58. The molecule has 31 heavy (non-hydrogen) atoms. The van der Waals surface area contributed by atoms with E-state index in [2.05, 4.69) is 26.2 Å². The maximum atomic E-state index is 12.8.